The molecule has 1 heterocycles. The summed E-state index contributed by atoms with van der Waals surface area (Å²) in [4.78, 5) is 38.0. The number of carbonyl (C=O) groups excluding carboxylic acids is 3. The van der Waals surface area contributed by atoms with Crippen molar-refractivity contribution in [3.63, 3.8) is 0 Å². The predicted octanol–water partition coefficient (Wildman–Crippen LogP) is 3.00. The molecule has 27 heavy (non-hydrogen) atoms. The van der Waals surface area contributed by atoms with Crippen molar-refractivity contribution in [2.45, 2.75) is 26.4 Å². The molecular formula is C21H22N2O4. The second-order valence-corrected chi connectivity index (χ2v) is 6.75. The maximum absolute atomic E-state index is 12.5. The summed E-state index contributed by atoms with van der Waals surface area (Å²) in [5, 5.41) is 2.86. The predicted molar refractivity (Wildman–Crippen MR) is 101 cm³/mol. The quantitative estimate of drug-likeness (QED) is 0.826. The van der Waals surface area contributed by atoms with Crippen molar-refractivity contribution >= 4 is 23.5 Å². The van der Waals surface area contributed by atoms with Crippen LogP contribution in [0.1, 0.15) is 39.6 Å². The Kier molecular flexibility index (Phi) is 5.26. The van der Waals surface area contributed by atoms with Crippen LogP contribution >= 0.6 is 0 Å². The van der Waals surface area contributed by atoms with E-state index in [1.807, 2.05) is 32.0 Å². The van der Waals surface area contributed by atoms with Gasteiger partial charge in [0.05, 0.1) is 18.5 Å². The van der Waals surface area contributed by atoms with Crippen LogP contribution in [0.3, 0.4) is 0 Å². The standard InChI is InChI=1S/C21H22N2O4/c1-13-7-6-8-14(2)20(13)22-18(24)12-23(3)19(25)11-17-15-9-4-5-10-16(15)21(26)27-17/h4-10,17H,11-12H2,1-3H3,(H,22,24)/t17-/m1/s1. The number of ether oxygens (including phenoxy) is 1. The molecule has 0 saturated carbocycles. The summed E-state index contributed by atoms with van der Waals surface area (Å²) in [5.41, 5.74) is 3.90. The number of nitrogens with zero attached hydrogens (tertiary/aromatic N) is 1. The molecule has 0 bridgehead atoms. The lowest BCUT2D eigenvalue weighted by atomic mass is 10.0. The molecule has 1 atom stereocenters. The lowest BCUT2D eigenvalue weighted by molar-refractivity contribution is -0.135. The number of anilines is 1. The topological polar surface area (TPSA) is 75.7 Å². The van der Waals surface area contributed by atoms with Crippen molar-refractivity contribution < 1.29 is 19.1 Å². The minimum atomic E-state index is -0.606. The van der Waals surface area contributed by atoms with Crippen molar-refractivity contribution in [1.82, 2.24) is 4.90 Å². The molecule has 6 heteroatoms. The van der Waals surface area contributed by atoms with Gasteiger partial charge in [-0.2, -0.15) is 0 Å². The van der Waals surface area contributed by atoms with Gasteiger partial charge in [0.2, 0.25) is 11.8 Å². The number of carbonyl (C=O) groups is 3. The van der Waals surface area contributed by atoms with E-state index in [1.54, 1.807) is 31.3 Å². The van der Waals surface area contributed by atoms with Gasteiger partial charge in [0.15, 0.2) is 0 Å². The number of aryl methyl sites for hydroxylation is 2. The number of cyclic esters (lactones) is 1. The first-order valence-electron chi connectivity index (χ1n) is 8.76. The van der Waals surface area contributed by atoms with Crippen LogP contribution in [-0.2, 0) is 14.3 Å². The lowest BCUT2D eigenvalue weighted by Crippen LogP contribution is -2.35. The molecule has 2 aromatic carbocycles. The molecule has 6 nitrogen and oxygen atoms in total. The molecule has 0 radical (unpaired) electrons. The van der Waals surface area contributed by atoms with Crippen LogP contribution in [0, 0.1) is 13.8 Å². The molecule has 140 valence electrons. The largest absolute Gasteiger partial charge is 0.453 e. The van der Waals surface area contributed by atoms with Crippen LogP contribution < -0.4 is 5.32 Å². The van der Waals surface area contributed by atoms with Crippen molar-refractivity contribution in [3.05, 3.63) is 64.7 Å². The van der Waals surface area contributed by atoms with Gasteiger partial charge >= 0.3 is 5.97 Å². The first-order valence-corrected chi connectivity index (χ1v) is 8.76. The number of amides is 2. The molecule has 1 aliphatic rings. The van der Waals surface area contributed by atoms with Crippen LogP contribution in [0.25, 0.3) is 0 Å². The van der Waals surface area contributed by atoms with Crippen LogP contribution in [0.4, 0.5) is 5.69 Å². The fourth-order valence-corrected chi connectivity index (χ4v) is 3.18. The monoisotopic (exact) mass is 366 g/mol. The molecule has 1 aliphatic heterocycles. The van der Waals surface area contributed by atoms with E-state index < -0.39 is 12.1 Å². The highest BCUT2D eigenvalue weighted by atomic mass is 16.5. The Morgan fingerprint density at radius 2 is 1.74 bits per heavy atom. The van der Waals surface area contributed by atoms with Crippen molar-refractivity contribution in [1.29, 1.82) is 0 Å². The van der Waals surface area contributed by atoms with E-state index in [0.717, 1.165) is 16.8 Å². The second kappa shape index (κ2) is 7.61. The molecular weight excluding hydrogens is 344 g/mol. The van der Waals surface area contributed by atoms with Crippen LogP contribution in [0.5, 0.6) is 0 Å². The van der Waals surface area contributed by atoms with Crippen molar-refractivity contribution in [3.8, 4) is 0 Å². The Morgan fingerprint density at radius 1 is 1.07 bits per heavy atom. The van der Waals surface area contributed by atoms with Gasteiger partial charge in [-0.1, -0.05) is 36.4 Å². The summed E-state index contributed by atoms with van der Waals surface area (Å²) in [6.45, 7) is 3.77. The maximum atomic E-state index is 12.5. The number of fused-ring (bicyclic) bond motifs is 1. The number of hydrogen-bond acceptors (Lipinski definition) is 4. The number of hydrogen-bond donors (Lipinski definition) is 1. The molecule has 0 fully saturated rings. The third-order valence-electron chi connectivity index (χ3n) is 4.69. The third-order valence-corrected chi connectivity index (χ3v) is 4.69. The third kappa shape index (κ3) is 4.00. The van der Waals surface area contributed by atoms with Gasteiger partial charge in [-0.05, 0) is 31.0 Å². The van der Waals surface area contributed by atoms with Crippen LogP contribution in [0.15, 0.2) is 42.5 Å². The molecule has 2 amide bonds. The number of likely N-dealkylation sites (N-methyl/N-ethyl adjacent to an activating group) is 1. The Hall–Kier alpha value is -3.15. The van der Waals surface area contributed by atoms with Gasteiger partial charge in [0.1, 0.15) is 6.10 Å². The first kappa shape index (κ1) is 18.6. The molecule has 0 aliphatic carbocycles. The van der Waals surface area contributed by atoms with Gasteiger partial charge < -0.3 is 15.0 Å². The van der Waals surface area contributed by atoms with E-state index in [2.05, 4.69) is 5.32 Å². The molecule has 0 unspecified atom stereocenters. The molecule has 1 N–H and O–H groups in total. The van der Waals surface area contributed by atoms with Gasteiger partial charge in [-0.3, -0.25) is 9.59 Å². The Labute approximate surface area is 158 Å². The fourth-order valence-electron chi connectivity index (χ4n) is 3.18. The minimum Gasteiger partial charge on any atom is -0.453 e. The van der Waals surface area contributed by atoms with E-state index in [9.17, 15) is 14.4 Å². The molecule has 0 saturated heterocycles. The Morgan fingerprint density at radius 3 is 2.44 bits per heavy atom. The number of esters is 1. The van der Waals surface area contributed by atoms with E-state index in [1.165, 1.54) is 4.90 Å². The molecule has 2 aromatic rings. The summed E-state index contributed by atoms with van der Waals surface area (Å²) >= 11 is 0. The number of rotatable bonds is 5. The van der Waals surface area contributed by atoms with Crippen molar-refractivity contribution in [2.24, 2.45) is 0 Å². The number of benzene rings is 2. The highest BCUT2D eigenvalue weighted by Crippen LogP contribution is 2.33. The second-order valence-electron chi connectivity index (χ2n) is 6.75. The molecule has 0 aromatic heterocycles. The molecule has 0 spiro atoms. The van der Waals surface area contributed by atoms with Gasteiger partial charge in [-0.25, -0.2) is 4.79 Å². The summed E-state index contributed by atoms with van der Waals surface area (Å²) in [6.07, 6.45) is -0.596. The normalized spacial score (nSPS) is 15.1. The summed E-state index contributed by atoms with van der Waals surface area (Å²) in [7, 11) is 1.56. The molecule has 3 rings (SSSR count). The van der Waals surface area contributed by atoms with E-state index >= 15 is 0 Å². The van der Waals surface area contributed by atoms with E-state index in [4.69, 9.17) is 4.74 Å². The average molecular weight is 366 g/mol. The van der Waals surface area contributed by atoms with Crippen molar-refractivity contribution in [2.75, 3.05) is 18.9 Å². The summed E-state index contributed by atoms with van der Waals surface area (Å²) in [5.74, 6) is -0.952. The minimum absolute atomic E-state index is 0.00985. The number of para-hydroxylation sites is 1. The zero-order valence-corrected chi connectivity index (χ0v) is 15.6. The maximum Gasteiger partial charge on any atom is 0.339 e. The fraction of sp³-hybridized carbons (Fsp3) is 0.286. The van der Waals surface area contributed by atoms with E-state index in [-0.39, 0.29) is 24.8 Å². The highest BCUT2D eigenvalue weighted by Gasteiger charge is 2.33. The highest BCUT2D eigenvalue weighted by molar-refractivity contribution is 5.97. The Bertz CT molecular complexity index is 887. The lowest BCUT2D eigenvalue weighted by Gasteiger charge is -2.20. The number of nitrogens with one attached hydrogen (secondary N) is 1. The van der Waals surface area contributed by atoms with Gasteiger partial charge in [-0.15, -0.1) is 0 Å². The summed E-state index contributed by atoms with van der Waals surface area (Å²) in [6, 6.07) is 12.8. The zero-order chi connectivity index (χ0) is 19.6. The van der Waals surface area contributed by atoms with Gasteiger partial charge in [0.25, 0.3) is 0 Å². The first-order chi connectivity index (χ1) is 12.9. The Balaban J connectivity index is 1.60. The SMILES string of the molecule is Cc1cccc(C)c1NC(=O)CN(C)C(=O)C[C@H]1OC(=O)c2ccccc21. The van der Waals surface area contributed by atoms with Crippen LogP contribution in [0.2, 0.25) is 0 Å². The van der Waals surface area contributed by atoms with Crippen LogP contribution in [-0.4, -0.2) is 36.3 Å². The van der Waals surface area contributed by atoms with E-state index in [0.29, 0.717) is 11.1 Å². The zero-order valence-electron chi connectivity index (χ0n) is 15.6. The average Bonchev–Trinajstić information content (AvgIpc) is 2.94. The summed E-state index contributed by atoms with van der Waals surface area (Å²) < 4.78 is 5.30. The smallest absolute Gasteiger partial charge is 0.339 e. The van der Waals surface area contributed by atoms with Gasteiger partial charge in [0, 0.05) is 18.3 Å².